The van der Waals surface area contributed by atoms with Gasteiger partial charge in [0.2, 0.25) is 0 Å². The maximum absolute atomic E-state index is 6.44. The van der Waals surface area contributed by atoms with Gasteiger partial charge in [-0.3, -0.25) is 0 Å². The number of rotatable bonds is 7. The maximum atomic E-state index is 6.44. The van der Waals surface area contributed by atoms with Crippen LogP contribution in [0.3, 0.4) is 0 Å². The van der Waals surface area contributed by atoms with Crippen molar-refractivity contribution in [1.82, 2.24) is 0 Å². The van der Waals surface area contributed by atoms with Crippen LogP contribution in [0.15, 0.2) is 0 Å². The molecule has 4 aliphatic rings. The smallest absolute Gasteiger partial charge is 0.172 e. The Kier molecular flexibility index (Phi) is 4.43. The van der Waals surface area contributed by atoms with E-state index in [0.717, 1.165) is 21.4 Å². The highest BCUT2D eigenvalue weighted by Crippen LogP contribution is 2.62. The normalized spacial score (nSPS) is 50.3. The second kappa shape index (κ2) is 5.69. The van der Waals surface area contributed by atoms with Crippen LogP contribution in [-0.4, -0.2) is 35.1 Å². The highest BCUT2D eigenvalue weighted by atomic mass is 31.1. The minimum atomic E-state index is -0.463. The summed E-state index contributed by atoms with van der Waals surface area (Å²) < 4.78 is 19.0. The summed E-state index contributed by atoms with van der Waals surface area (Å²) in [5.41, 5.74) is -0.188. The van der Waals surface area contributed by atoms with Crippen molar-refractivity contribution in [3.63, 3.8) is 0 Å². The molecule has 4 saturated heterocycles. The van der Waals surface area contributed by atoms with E-state index < -0.39 is 11.6 Å². The Balaban J connectivity index is 1.63. The molecular weight excluding hydrogens is 295 g/mol. The first kappa shape index (κ1) is 17.1. The Hall–Kier alpha value is 0.310. The van der Waals surface area contributed by atoms with Crippen LogP contribution in [0.1, 0.15) is 73.1 Å². The second-order valence-electron chi connectivity index (χ2n) is 8.37. The number of ether oxygens (including phenoxy) is 3. The summed E-state index contributed by atoms with van der Waals surface area (Å²) in [5.74, 6) is -0.431. The SMILES string of the molecule is CCCCCCPCC1C2(C)CC3(C)OC(C)(CC1(C)O3)O2. The van der Waals surface area contributed by atoms with Crippen LogP contribution in [0.25, 0.3) is 0 Å². The molecule has 0 aliphatic carbocycles. The first-order valence-corrected chi connectivity index (χ1v) is 10.5. The second-order valence-corrected chi connectivity index (χ2v) is 9.78. The van der Waals surface area contributed by atoms with Gasteiger partial charge < -0.3 is 14.2 Å². The molecule has 0 amide bonds. The molecule has 4 heteroatoms. The molecule has 5 unspecified atom stereocenters. The number of hydrogen-bond acceptors (Lipinski definition) is 3. The zero-order chi connectivity index (χ0) is 16.1. The van der Waals surface area contributed by atoms with Gasteiger partial charge >= 0.3 is 0 Å². The lowest BCUT2D eigenvalue weighted by Crippen LogP contribution is -2.77. The quantitative estimate of drug-likeness (QED) is 0.501. The molecule has 0 radical (unpaired) electrons. The molecule has 5 atom stereocenters. The highest BCUT2D eigenvalue weighted by molar-refractivity contribution is 7.37. The Labute approximate surface area is 137 Å². The van der Waals surface area contributed by atoms with E-state index in [1.165, 1.54) is 38.0 Å². The molecule has 0 aromatic rings. The third-order valence-electron chi connectivity index (χ3n) is 5.70. The predicted molar refractivity (Wildman–Crippen MR) is 91.8 cm³/mol. The molecule has 0 N–H and O–H groups in total. The van der Waals surface area contributed by atoms with Crippen LogP contribution in [0.5, 0.6) is 0 Å². The van der Waals surface area contributed by atoms with Crippen molar-refractivity contribution in [2.45, 2.75) is 95.9 Å². The molecule has 128 valence electrons. The van der Waals surface area contributed by atoms with E-state index in [1.807, 2.05) is 0 Å². The summed E-state index contributed by atoms with van der Waals surface area (Å²) >= 11 is 0. The summed E-state index contributed by atoms with van der Waals surface area (Å²) in [6.07, 6.45) is 9.79. The molecule has 0 aromatic heterocycles. The first-order valence-electron chi connectivity index (χ1n) is 9.04. The van der Waals surface area contributed by atoms with Gasteiger partial charge in [0.15, 0.2) is 11.6 Å². The van der Waals surface area contributed by atoms with Crippen LogP contribution in [-0.2, 0) is 14.2 Å². The van der Waals surface area contributed by atoms with Crippen molar-refractivity contribution in [2.75, 3.05) is 12.3 Å². The molecular formula is C18H33O3P. The van der Waals surface area contributed by atoms with E-state index in [2.05, 4.69) is 34.6 Å². The summed E-state index contributed by atoms with van der Waals surface area (Å²) in [5, 5.41) is 0. The Bertz CT molecular complexity index is 381. The zero-order valence-electron chi connectivity index (χ0n) is 15.0. The highest BCUT2D eigenvalue weighted by Gasteiger charge is 2.70. The Morgan fingerprint density at radius 2 is 1.45 bits per heavy atom. The first-order chi connectivity index (χ1) is 10.2. The molecule has 22 heavy (non-hydrogen) atoms. The van der Waals surface area contributed by atoms with Gasteiger partial charge in [-0.15, -0.1) is 8.58 Å². The molecule has 0 aromatic carbocycles. The average molecular weight is 328 g/mol. The van der Waals surface area contributed by atoms with E-state index in [4.69, 9.17) is 14.2 Å². The monoisotopic (exact) mass is 328 g/mol. The van der Waals surface area contributed by atoms with E-state index in [0.29, 0.717) is 5.92 Å². The lowest BCUT2D eigenvalue weighted by atomic mass is 9.65. The van der Waals surface area contributed by atoms with Crippen molar-refractivity contribution in [3.05, 3.63) is 0 Å². The topological polar surface area (TPSA) is 27.7 Å². The van der Waals surface area contributed by atoms with E-state index in [9.17, 15) is 0 Å². The van der Waals surface area contributed by atoms with Crippen molar-refractivity contribution in [1.29, 1.82) is 0 Å². The van der Waals surface area contributed by atoms with Gasteiger partial charge in [0.05, 0.1) is 11.2 Å². The lowest BCUT2D eigenvalue weighted by molar-refractivity contribution is -0.525. The third kappa shape index (κ3) is 2.99. The fourth-order valence-electron chi connectivity index (χ4n) is 5.37. The fourth-order valence-corrected chi connectivity index (χ4v) is 7.22. The zero-order valence-corrected chi connectivity index (χ0v) is 16.0. The van der Waals surface area contributed by atoms with E-state index in [1.54, 1.807) is 0 Å². The Morgan fingerprint density at radius 3 is 2.00 bits per heavy atom. The minimum absolute atomic E-state index is 0.0938. The van der Waals surface area contributed by atoms with Crippen LogP contribution < -0.4 is 0 Å². The van der Waals surface area contributed by atoms with Crippen LogP contribution in [0, 0.1) is 5.92 Å². The minimum Gasteiger partial charge on any atom is -0.343 e. The van der Waals surface area contributed by atoms with E-state index >= 15 is 0 Å². The van der Waals surface area contributed by atoms with Gasteiger partial charge in [0.25, 0.3) is 0 Å². The summed E-state index contributed by atoms with van der Waals surface area (Å²) in [4.78, 5) is 0. The maximum Gasteiger partial charge on any atom is 0.172 e. The average Bonchev–Trinajstić information content (AvgIpc) is 2.31. The number of unbranched alkanes of at least 4 members (excludes halogenated alkanes) is 3. The van der Waals surface area contributed by atoms with Crippen LogP contribution in [0.4, 0.5) is 0 Å². The predicted octanol–water partition coefficient (Wildman–Crippen LogP) is 4.68. The molecule has 0 saturated carbocycles. The van der Waals surface area contributed by atoms with Gasteiger partial charge in [-0.25, -0.2) is 0 Å². The van der Waals surface area contributed by atoms with Crippen molar-refractivity contribution in [2.24, 2.45) is 5.92 Å². The molecule has 4 heterocycles. The molecule has 3 nitrogen and oxygen atoms in total. The molecule has 4 aliphatic heterocycles. The standard InChI is InChI=1S/C18H33O3P/c1-6-7-8-9-10-22-11-14-15(2)12-17(4)20-16(14,3)13-18(5,19-15)21-17/h14,22H,6-13H2,1-5H3. The Morgan fingerprint density at radius 1 is 0.864 bits per heavy atom. The van der Waals surface area contributed by atoms with Crippen molar-refractivity contribution >= 4 is 8.58 Å². The summed E-state index contributed by atoms with van der Waals surface area (Å²) in [6.45, 7) is 11.0. The number of hydrogen-bond donors (Lipinski definition) is 0. The summed E-state index contributed by atoms with van der Waals surface area (Å²) in [7, 11) is 1.03. The summed E-state index contributed by atoms with van der Waals surface area (Å²) in [6, 6.07) is 0. The molecule has 4 bridgehead atoms. The lowest BCUT2D eigenvalue weighted by Gasteiger charge is -2.69. The van der Waals surface area contributed by atoms with Crippen molar-refractivity contribution in [3.8, 4) is 0 Å². The van der Waals surface area contributed by atoms with Gasteiger partial charge in [0, 0.05) is 18.8 Å². The third-order valence-corrected chi connectivity index (χ3v) is 7.11. The molecule has 4 fully saturated rings. The van der Waals surface area contributed by atoms with Gasteiger partial charge in [0.1, 0.15) is 0 Å². The molecule has 4 rings (SSSR count). The van der Waals surface area contributed by atoms with Crippen molar-refractivity contribution < 1.29 is 14.2 Å². The van der Waals surface area contributed by atoms with Gasteiger partial charge in [-0.1, -0.05) is 26.2 Å². The van der Waals surface area contributed by atoms with E-state index in [-0.39, 0.29) is 11.2 Å². The fraction of sp³-hybridized carbons (Fsp3) is 1.00. The largest absolute Gasteiger partial charge is 0.343 e. The van der Waals surface area contributed by atoms with Crippen LogP contribution >= 0.6 is 8.58 Å². The van der Waals surface area contributed by atoms with Gasteiger partial charge in [-0.05, 0) is 46.4 Å². The molecule has 0 spiro atoms. The van der Waals surface area contributed by atoms with Crippen LogP contribution in [0.2, 0.25) is 0 Å². The van der Waals surface area contributed by atoms with Gasteiger partial charge in [-0.2, -0.15) is 0 Å².